The maximum atomic E-state index is 10.8. The molecule has 0 saturated carbocycles. The van der Waals surface area contributed by atoms with Crippen molar-refractivity contribution < 1.29 is 15.0 Å². The van der Waals surface area contributed by atoms with Gasteiger partial charge in [0.15, 0.2) is 5.69 Å². The second kappa shape index (κ2) is 4.85. The number of hydrogen-bond donors (Lipinski definition) is 3. The maximum absolute atomic E-state index is 10.8. The number of carboxylic acids is 1. The number of nitrogens with zero attached hydrogens (tertiary/aromatic N) is 3. The lowest BCUT2D eigenvalue weighted by atomic mass is 10.2. The summed E-state index contributed by atoms with van der Waals surface area (Å²) < 4.78 is 1.38. The molecule has 1 aromatic heterocycles. The summed E-state index contributed by atoms with van der Waals surface area (Å²) in [6.45, 7) is 2.12. The van der Waals surface area contributed by atoms with Crippen LogP contribution in [-0.2, 0) is 13.0 Å². The zero-order valence-corrected chi connectivity index (χ0v) is 8.42. The van der Waals surface area contributed by atoms with Crippen molar-refractivity contribution in [3.63, 3.8) is 0 Å². The standard InChI is InChI=1S/C8H14N4O3/c1-5(13)4-12-6(2-3-9)7(8(14)15)10-11-12/h5,13H,2-4,9H2,1H3,(H,14,15). The molecule has 0 amide bonds. The van der Waals surface area contributed by atoms with E-state index in [1.54, 1.807) is 6.92 Å². The van der Waals surface area contributed by atoms with E-state index in [0.29, 0.717) is 18.7 Å². The van der Waals surface area contributed by atoms with E-state index in [9.17, 15) is 9.90 Å². The molecule has 0 bridgehead atoms. The van der Waals surface area contributed by atoms with Crippen LogP contribution in [0.15, 0.2) is 0 Å². The molecule has 0 aromatic carbocycles. The van der Waals surface area contributed by atoms with E-state index in [-0.39, 0.29) is 12.2 Å². The molecule has 4 N–H and O–H groups in total. The number of rotatable bonds is 5. The Bertz CT molecular complexity index is 348. The first kappa shape index (κ1) is 11.6. The monoisotopic (exact) mass is 214 g/mol. The molecular weight excluding hydrogens is 200 g/mol. The van der Waals surface area contributed by atoms with E-state index in [1.165, 1.54) is 4.68 Å². The van der Waals surface area contributed by atoms with Crippen molar-refractivity contribution in [2.75, 3.05) is 6.54 Å². The third kappa shape index (κ3) is 2.74. The predicted octanol–water partition coefficient (Wildman–Crippen LogP) is -1.14. The van der Waals surface area contributed by atoms with Crippen LogP contribution >= 0.6 is 0 Å². The first-order chi connectivity index (χ1) is 7.06. The fourth-order valence-electron chi connectivity index (χ4n) is 1.28. The average Bonchev–Trinajstić information content (AvgIpc) is 2.48. The van der Waals surface area contributed by atoms with Crippen LogP contribution < -0.4 is 5.73 Å². The topological polar surface area (TPSA) is 114 Å². The Kier molecular flexibility index (Phi) is 3.75. The van der Waals surface area contributed by atoms with E-state index in [2.05, 4.69) is 10.3 Å². The van der Waals surface area contributed by atoms with Gasteiger partial charge in [0.2, 0.25) is 0 Å². The minimum atomic E-state index is -1.13. The van der Waals surface area contributed by atoms with Crippen molar-refractivity contribution in [3.8, 4) is 0 Å². The van der Waals surface area contributed by atoms with Gasteiger partial charge < -0.3 is 15.9 Å². The highest BCUT2D eigenvalue weighted by atomic mass is 16.4. The summed E-state index contributed by atoms with van der Waals surface area (Å²) in [6.07, 6.45) is -0.230. The lowest BCUT2D eigenvalue weighted by molar-refractivity contribution is 0.0689. The van der Waals surface area contributed by atoms with Crippen molar-refractivity contribution in [1.82, 2.24) is 15.0 Å². The van der Waals surface area contributed by atoms with Crippen LogP contribution in [0.4, 0.5) is 0 Å². The van der Waals surface area contributed by atoms with Crippen LogP contribution in [0.5, 0.6) is 0 Å². The molecule has 0 aliphatic carbocycles. The zero-order chi connectivity index (χ0) is 11.4. The molecule has 15 heavy (non-hydrogen) atoms. The van der Waals surface area contributed by atoms with Crippen LogP contribution in [0.2, 0.25) is 0 Å². The zero-order valence-electron chi connectivity index (χ0n) is 8.42. The smallest absolute Gasteiger partial charge is 0.358 e. The summed E-state index contributed by atoms with van der Waals surface area (Å²) in [6, 6.07) is 0. The van der Waals surface area contributed by atoms with E-state index >= 15 is 0 Å². The van der Waals surface area contributed by atoms with Crippen LogP contribution in [-0.4, -0.2) is 43.8 Å². The molecule has 1 atom stereocenters. The van der Waals surface area contributed by atoms with Crippen LogP contribution in [0.3, 0.4) is 0 Å². The summed E-state index contributed by atoms with van der Waals surface area (Å²) in [5, 5.41) is 25.2. The Hall–Kier alpha value is -1.47. The van der Waals surface area contributed by atoms with Crippen LogP contribution in [0.1, 0.15) is 23.1 Å². The lowest BCUT2D eigenvalue weighted by Gasteiger charge is -2.07. The number of aromatic carboxylic acids is 1. The third-order valence-corrected chi connectivity index (χ3v) is 1.86. The summed E-state index contributed by atoms with van der Waals surface area (Å²) in [4.78, 5) is 10.8. The Labute approximate surface area is 86.5 Å². The molecule has 1 unspecified atom stereocenters. The highest BCUT2D eigenvalue weighted by molar-refractivity contribution is 5.86. The second-order valence-electron chi connectivity index (χ2n) is 3.26. The van der Waals surface area contributed by atoms with E-state index in [4.69, 9.17) is 10.8 Å². The van der Waals surface area contributed by atoms with E-state index in [1.807, 2.05) is 0 Å². The van der Waals surface area contributed by atoms with Crippen molar-refractivity contribution in [2.45, 2.75) is 26.0 Å². The van der Waals surface area contributed by atoms with Crippen LogP contribution in [0, 0.1) is 0 Å². The second-order valence-corrected chi connectivity index (χ2v) is 3.26. The van der Waals surface area contributed by atoms with Gasteiger partial charge in [0.25, 0.3) is 0 Å². The number of carboxylic acid groups (broad SMARTS) is 1. The fraction of sp³-hybridized carbons (Fsp3) is 0.625. The van der Waals surface area contributed by atoms with Crippen molar-refractivity contribution in [3.05, 3.63) is 11.4 Å². The number of aromatic nitrogens is 3. The maximum Gasteiger partial charge on any atom is 0.358 e. The molecule has 0 aliphatic heterocycles. The highest BCUT2D eigenvalue weighted by Crippen LogP contribution is 2.07. The average molecular weight is 214 g/mol. The summed E-state index contributed by atoms with van der Waals surface area (Å²) >= 11 is 0. The largest absolute Gasteiger partial charge is 0.476 e. The molecule has 0 spiro atoms. The number of aliphatic hydroxyl groups excluding tert-OH is 1. The van der Waals surface area contributed by atoms with Gasteiger partial charge in [-0.3, -0.25) is 0 Å². The van der Waals surface area contributed by atoms with E-state index in [0.717, 1.165) is 0 Å². The molecular formula is C8H14N4O3. The van der Waals surface area contributed by atoms with Gasteiger partial charge in [-0.2, -0.15) is 0 Å². The van der Waals surface area contributed by atoms with Gasteiger partial charge in [0, 0.05) is 6.42 Å². The third-order valence-electron chi connectivity index (χ3n) is 1.86. The predicted molar refractivity (Wildman–Crippen MR) is 51.4 cm³/mol. The Morgan fingerprint density at radius 3 is 2.80 bits per heavy atom. The molecule has 84 valence electrons. The molecule has 1 aromatic rings. The first-order valence-electron chi connectivity index (χ1n) is 4.60. The Balaban J connectivity index is 3.00. The van der Waals surface area contributed by atoms with Gasteiger partial charge in [-0.15, -0.1) is 5.10 Å². The van der Waals surface area contributed by atoms with Crippen molar-refractivity contribution in [1.29, 1.82) is 0 Å². The Morgan fingerprint density at radius 1 is 1.67 bits per heavy atom. The molecule has 1 heterocycles. The first-order valence-corrected chi connectivity index (χ1v) is 4.60. The minimum absolute atomic E-state index is 0.0962. The number of nitrogens with two attached hydrogens (primary N) is 1. The Morgan fingerprint density at radius 2 is 2.33 bits per heavy atom. The molecule has 1 rings (SSSR count). The molecule has 0 radical (unpaired) electrons. The van der Waals surface area contributed by atoms with Gasteiger partial charge in [0.05, 0.1) is 18.3 Å². The fourth-order valence-corrected chi connectivity index (χ4v) is 1.28. The van der Waals surface area contributed by atoms with Gasteiger partial charge in [-0.05, 0) is 13.5 Å². The highest BCUT2D eigenvalue weighted by Gasteiger charge is 2.18. The molecule has 0 aliphatic rings. The minimum Gasteiger partial charge on any atom is -0.476 e. The van der Waals surface area contributed by atoms with Crippen molar-refractivity contribution >= 4 is 5.97 Å². The van der Waals surface area contributed by atoms with Gasteiger partial charge >= 0.3 is 5.97 Å². The van der Waals surface area contributed by atoms with Crippen molar-refractivity contribution in [2.24, 2.45) is 5.73 Å². The number of aliphatic hydroxyl groups is 1. The molecule has 7 heteroatoms. The van der Waals surface area contributed by atoms with E-state index < -0.39 is 12.1 Å². The quantitative estimate of drug-likeness (QED) is 0.570. The number of hydrogen-bond acceptors (Lipinski definition) is 5. The summed E-state index contributed by atoms with van der Waals surface area (Å²) in [5.74, 6) is -1.13. The van der Waals surface area contributed by atoms with Gasteiger partial charge in [0.1, 0.15) is 0 Å². The van der Waals surface area contributed by atoms with Gasteiger partial charge in [-0.1, -0.05) is 5.21 Å². The molecule has 7 nitrogen and oxygen atoms in total. The molecule has 0 saturated heterocycles. The summed E-state index contributed by atoms with van der Waals surface area (Å²) in [5.41, 5.74) is 5.72. The SMILES string of the molecule is CC(O)Cn1nnc(C(=O)O)c1CCN. The van der Waals surface area contributed by atoms with Crippen LogP contribution in [0.25, 0.3) is 0 Å². The summed E-state index contributed by atoms with van der Waals surface area (Å²) in [7, 11) is 0. The molecule has 0 fully saturated rings. The number of carbonyl (C=O) groups is 1. The van der Waals surface area contributed by atoms with Gasteiger partial charge in [-0.25, -0.2) is 9.48 Å². The lowest BCUT2D eigenvalue weighted by Crippen LogP contribution is -2.18. The normalized spacial score (nSPS) is 12.7.